The zero-order valence-corrected chi connectivity index (χ0v) is 9.70. The SMILES string of the molecule is C[C@@H](CCC(=O)NC[C@@H]1CCCO1)C(N)=O. The summed E-state index contributed by atoms with van der Waals surface area (Å²) < 4.78 is 5.38. The summed E-state index contributed by atoms with van der Waals surface area (Å²) in [6.07, 6.45) is 3.10. The fraction of sp³-hybridized carbons (Fsp3) is 0.818. The van der Waals surface area contributed by atoms with Gasteiger partial charge in [0.1, 0.15) is 0 Å². The number of primary amides is 1. The standard InChI is InChI=1S/C11H20N2O3/c1-8(11(12)15)4-5-10(14)13-7-9-3-2-6-16-9/h8-9H,2-7H2,1H3,(H2,12,15)(H,13,14)/t8-,9-/m0/s1. The monoisotopic (exact) mass is 228 g/mol. The van der Waals surface area contributed by atoms with Gasteiger partial charge in [0, 0.05) is 25.5 Å². The van der Waals surface area contributed by atoms with Crippen LogP contribution in [0.4, 0.5) is 0 Å². The molecule has 0 spiro atoms. The third-order valence-electron chi connectivity index (χ3n) is 2.84. The zero-order valence-electron chi connectivity index (χ0n) is 9.70. The normalized spacial score (nSPS) is 21.7. The van der Waals surface area contributed by atoms with Crippen molar-refractivity contribution in [3.8, 4) is 0 Å². The molecule has 1 aliphatic rings. The summed E-state index contributed by atoms with van der Waals surface area (Å²) >= 11 is 0. The van der Waals surface area contributed by atoms with Crippen molar-refractivity contribution in [3.63, 3.8) is 0 Å². The first-order valence-corrected chi connectivity index (χ1v) is 5.77. The van der Waals surface area contributed by atoms with Gasteiger partial charge in [0.2, 0.25) is 11.8 Å². The van der Waals surface area contributed by atoms with E-state index in [1.807, 2.05) is 0 Å². The molecule has 0 radical (unpaired) electrons. The summed E-state index contributed by atoms with van der Waals surface area (Å²) in [6.45, 7) is 3.10. The van der Waals surface area contributed by atoms with E-state index in [-0.39, 0.29) is 23.8 Å². The summed E-state index contributed by atoms with van der Waals surface area (Å²) in [5.41, 5.74) is 5.11. The topological polar surface area (TPSA) is 81.4 Å². The smallest absolute Gasteiger partial charge is 0.220 e. The Morgan fingerprint density at radius 1 is 1.56 bits per heavy atom. The highest BCUT2D eigenvalue weighted by atomic mass is 16.5. The van der Waals surface area contributed by atoms with E-state index in [9.17, 15) is 9.59 Å². The molecular weight excluding hydrogens is 208 g/mol. The van der Waals surface area contributed by atoms with Crippen molar-refractivity contribution in [1.29, 1.82) is 0 Å². The molecule has 92 valence electrons. The molecule has 0 unspecified atom stereocenters. The van der Waals surface area contributed by atoms with Crippen molar-refractivity contribution in [2.75, 3.05) is 13.2 Å². The number of amides is 2. The lowest BCUT2D eigenvalue weighted by atomic mass is 10.1. The summed E-state index contributed by atoms with van der Waals surface area (Å²) in [4.78, 5) is 22.2. The lowest BCUT2D eigenvalue weighted by molar-refractivity contribution is -0.123. The van der Waals surface area contributed by atoms with Crippen LogP contribution in [0.5, 0.6) is 0 Å². The van der Waals surface area contributed by atoms with E-state index in [0.717, 1.165) is 19.4 Å². The molecule has 0 aromatic heterocycles. The number of nitrogens with one attached hydrogen (secondary N) is 1. The Kier molecular flexibility index (Phi) is 5.25. The van der Waals surface area contributed by atoms with Crippen molar-refractivity contribution >= 4 is 11.8 Å². The van der Waals surface area contributed by atoms with Gasteiger partial charge >= 0.3 is 0 Å². The van der Waals surface area contributed by atoms with Gasteiger partial charge in [-0.05, 0) is 19.3 Å². The van der Waals surface area contributed by atoms with Gasteiger partial charge in [-0.25, -0.2) is 0 Å². The van der Waals surface area contributed by atoms with Crippen LogP contribution in [0.1, 0.15) is 32.6 Å². The molecule has 0 bridgehead atoms. The van der Waals surface area contributed by atoms with Crippen LogP contribution in [-0.4, -0.2) is 31.1 Å². The van der Waals surface area contributed by atoms with E-state index in [2.05, 4.69) is 5.32 Å². The van der Waals surface area contributed by atoms with Crippen molar-refractivity contribution in [3.05, 3.63) is 0 Å². The first-order valence-electron chi connectivity index (χ1n) is 5.77. The van der Waals surface area contributed by atoms with E-state index in [0.29, 0.717) is 19.4 Å². The molecule has 1 fully saturated rings. The molecule has 0 aliphatic carbocycles. The third-order valence-corrected chi connectivity index (χ3v) is 2.84. The molecule has 2 atom stereocenters. The van der Waals surface area contributed by atoms with Gasteiger partial charge < -0.3 is 15.8 Å². The van der Waals surface area contributed by atoms with Crippen LogP contribution in [-0.2, 0) is 14.3 Å². The maximum Gasteiger partial charge on any atom is 0.220 e. The number of rotatable bonds is 6. The Bertz CT molecular complexity index is 250. The zero-order chi connectivity index (χ0) is 12.0. The van der Waals surface area contributed by atoms with Crippen LogP contribution in [0.3, 0.4) is 0 Å². The van der Waals surface area contributed by atoms with Gasteiger partial charge in [-0.1, -0.05) is 6.92 Å². The number of hydrogen-bond donors (Lipinski definition) is 2. The third kappa shape index (κ3) is 4.61. The average Bonchev–Trinajstić information content (AvgIpc) is 2.75. The molecule has 0 aromatic carbocycles. The molecule has 1 rings (SSSR count). The largest absolute Gasteiger partial charge is 0.376 e. The summed E-state index contributed by atoms with van der Waals surface area (Å²) in [7, 11) is 0. The maximum atomic E-state index is 11.4. The molecule has 2 amide bonds. The van der Waals surface area contributed by atoms with Gasteiger partial charge in [0.05, 0.1) is 6.10 Å². The Morgan fingerprint density at radius 2 is 2.31 bits per heavy atom. The Morgan fingerprint density at radius 3 is 2.88 bits per heavy atom. The second kappa shape index (κ2) is 6.48. The van der Waals surface area contributed by atoms with Crippen molar-refractivity contribution in [2.45, 2.75) is 38.7 Å². The highest BCUT2D eigenvalue weighted by molar-refractivity contribution is 5.79. The molecule has 5 heteroatoms. The summed E-state index contributed by atoms with van der Waals surface area (Å²) in [6, 6.07) is 0. The molecule has 1 heterocycles. The van der Waals surface area contributed by atoms with Crippen LogP contribution < -0.4 is 11.1 Å². The summed E-state index contributed by atoms with van der Waals surface area (Å²) in [5.74, 6) is -0.635. The predicted octanol–water partition coefficient (Wildman–Crippen LogP) is 0.183. The number of carbonyl (C=O) groups excluding carboxylic acids is 2. The van der Waals surface area contributed by atoms with Gasteiger partial charge in [-0.3, -0.25) is 9.59 Å². The highest BCUT2D eigenvalue weighted by Crippen LogP contribution is 2.10. The molecule has 0 saturated carbocycles. The fourth-order valence-corrected chi connectivity index (χ4v) is 1.61. The van der Waals surface area contributed by atoms with Crippen LogP contribution >= 0.6 is 0 Å². The number of ether oxygens (including phenoxy) is 1. The quantitative estimate of drug-likeness (QED) is 0.680. The first kappa shape index (κ1) is 13.0. The van der Waals surface area contributed by atoms with E-state index >= 15 is 0 Å². The number of nitrogens with two attached hydrogens (primary N) is 1. The second-order valence-electron chi connectivity index (χ2n) is 4.28. The maximum absolute atomic E-state index is 11.4. The highest BCUT2D eigenvalue weighted by Gasteiger charge is 2.16. The molecule has 1 aliphatic heterocycles. The van der Waals surface area contributed by atoms with Crippen LogP contribution in [0.25, 0.3) is 0 Å². The van der Waals surface area contributed by atoms with E-state index in [4.69, 9.17) is 10.5 Å². The number of hydrogen-bond acceptors (Lipinski definition) is 3. The lowest BCUT2D eigenvalue weighted by Crippen LogP contribution is -2.32. The van der Waals surface area contributed by atoms with E-state index in [1.165, 1.54) is 0 Å². The first-order chi connectivity index (χ1) is 7.59. The van der Waals surface area contributed by atoms with Crippen LogP contribution in [0, 0.1) is 5.92 Å². The average molecular weight is 228 g/mol. The van der Waals surface area contributed by atoms with Gasteiger partial charge in [0.15, 0.2) is 0 Å². The second-order valence-corrected chi connectivity index (χ2v) is 4.28. The fourth-order valence-electron chi connectivity index (χ4n) is 1.61. The predicted molar refractivity (Wildman–Crippen MR) is 59.6 cm³/mol. The van der Waals surface area contributed by atoms with Gasteiger partial charge in [-0.2, -0.15) is 0 Å². The van der Waals surface area contributed by atoms with Gasteiger partial charge in [-0.15, -0.1) is 0 Å². The summed E-state index contributed by atoms with van der Waals surface area (Å²) in [5, 5.41) is 2.80. The molecule has 0 aromatic rings. The number of carbonyl (C=O) groups is 2. The van der Waals surface area contributed by atoms with Gasteiger partial charge in [0.25, 0.3) is 0 Å². The molecular formula is C11H20N2O3. The molecule has 16 heavy (non-hydrogen) atoms. The van der Waals surface area contributed by atoms with E-state index < -0.39 is 0 Å². The minimum Gasteiger partial charge on any atom is -0.376 e. The van der Waals surface area contributed by atoms with E-state index in [1.54, 1.807) is 6.92 Å². The lowest BCUT2D eigenvalue weighted by Gasteiger charge is -2.11. The molecule has 5 nitrogen and oxygen atoms in total. The molecule has 1 saturated heterocycles. The van der Waals surface area contributed by atoms with Crippen molar-refractivity contribution in [2.24, 2.45) is 11.7 Å². The molecule has 3 N–H and O–H groups in total. The minimum absolute atomic E-state index is 0.0383. The Labute approximate surface area is 95.7 Å². The van der Waals surface area contributed by atoms with Crippen LogP contribution in [0.15, 0.2) is 0 Å². The van der Waals surface area contributed by atoms with Crippen molar-refractivity contribution in [1.82, 2.24) is 5.32 Å². The Hall–Kier alpha value is -1.10. The Balaban J connectivity index is 2.08. The van der Waals surface area contributed by atoms with Crippen molar-refractivity contribution < 1.29 is 14.3 Å². The minimum atomic E-state index is -0.355. The van der Waals surface area contributed by atoms with Crippen LogP contribution in [0.2, 0.25) is 0 Å².